The molecule has 2 aromatic rings. The van der Waals surface area contributed by atoms with Crippen LogP contribution in [-0.2, 0) is 5.41 Å². The van der Waals surface area contributed by atoms with Crippen LogP contribution in [0, 0.1) is 5.92 Å². The Balaban J connectivity index is 1.87. The first-order valence-corrected chi connectivity index (χ1v) is 9.27. The first-order chi connectivity index (χ1) is 12.4. The van der Waals surface area contributed by atoms with Crippen LogP contribution < -0.4 is 5.32 Å². The summed E-state index contributed by atoms with van der Waals surface area (Å²) in [6.07, 6.45) is 2.19. The fourth-order valence-electron chi connectivity index (χ4n) is 3.37. The van der Waals surface area contributed by atoms with Crippen molar-refractivity contribution < 1.29 is 9.32 Å². The number of amides is 1. The highest BCUT2D eigenvalue weighted by molar-refractivity contribution is 6.00. The molecule has 2 heterocycles. The van der Waals surface area contributed by atoms with Gasteiger partial charge in [0.25, 0.3) is 11.8 Å². The monoisotopic (exact) mass is 356 g/mol. The lowest BCUT2D eigenvalue weighted by Gasteiger charge is -2.33. The molecule has 1 fully saturated rings. The third kappa shape index (κ3) is 3.96. The van der Waals surface area contributed by atoms with Crippen LogP contribution in [0.25, 0.3) is 11.5 Å². The lowest BCUT2D eigenvalue weighted by atomic mass is 9.96. The second-order valence-corrected chi connectivity index (χ2v) is 8.04. The highest BCUT2D eigenvalue weighted by atomic mass is 16.5. The van der Waals surface area contributed by atoms with Crippen molar-refractivity contribution in [2.24, 2.45) is 5.92 Å². The molecule has 0 aliphatic carbocycles. The number of nitrogens with one attached hydrogen (secondary N) is 1. The zero-order valence-electron chi connectivity index (χ0n) is 16.1. The van der Waals surface area contributed by atoms with Gasteiger partial charge in [0.15, 0.2) is 5.82 Å². The van der Waals surface area contributed by atoms with Crippen LogP contribution in [0.2, 0.25) is 0 Å². The number of likely N-dealkylation sites (tertiary alicyclic amines) is 1. The van der Waals surface area contributed by atoms with E-state index in [2.05, 4.69) is 15.5 Å². The molecule has 1 aliphatic rings. The zero-order chi connectivity index (χ0) is 18.7. The Morgan fingerprint density at radius 3 is 2.81 bits per heavy atom. The molecular weight excluding hydrogens is 328 g/mol. The molecular formula is C20H28N4O2. The van der Waals surface area contributed by atoms with Crippen LogP contribution in [0.3, 0.4) is 0 Å². The standard InChI is InChI=1S/C20H28N4O2/c1-20(2,3)19-22-17(26-23-19)15-9-5-6-10-16(15)18(25)24-11-7-8-14(13-24)12-21-4/h5-6,9-10,14,21H,7-8,11-13H2,1-4H3. The summed E-state index contributed by atoms with van der Waals surface area (Å²) >= 11 is 0. The molecule has 3 rings (SSSR count). The van der Waals surface area contributed by atoms with Crippen molar-refractivity contribution >= 4 is 5.91 Å². The number of rotatable bonds is 4. The van der Waals surface area contributed by atoms with E-state index >= 15 is 0 Å². The number of benzene rings is 1. The van der Waals surface area contributed by atoms with E-state index in [0.29, 0.717) is 28.8 Å². The van der Waals surface area contributed by atoms with Crippen molar-refractivity contribution in [1.29, 1.82) is 0 Å². The van der Waals surface area contributed by atoms with E-state index in [1.54, 1.807) is 0 Å². The van der Waals surface area contributed by atoms with Gasteiger partial charge in [0, 0.05) is 18.5 Å². The lowest BCUT2D eigenvalue weighted by molar-refractivity contribution is 0.0674. The predicted octanol–water partition coefficient (Wildman–Crippen LogP) is 3.11. The fraction of sp³-hybridized carbons (Fsp3) is 0.550. The Morgan fingerprint density at radius 1 is 1.35 bits per heavy atom. The summed E-state index contributed by atoms with van der Waals surface area (Å²) in [5, 5.41) is 7.31. The van der Waals surface area contributed by atoms with E-state index in [9.17, 15) is 4.79 Å². The van der Waals surface area contributed by atoms with Gasteiger partial charge in [0.1, 0.15) is 0 Å². The summed E-state index contributed by atoms with van der Waals surface area (Å²) in [6.45, 7) is 8.62. The molecule has 26 heavy (non-hydrogen) atoms. The quantitative estimate of drug-likeness (QED) is 0.911. The van der Waals surface area contributed by atoms with Gasteiger partial charge in [-0.3, -0.25) is 4.79 Å². The Labute approximate surface area is 155 Å². The number of aromatic nitrogens is 2. The molecule has 1 atom stereocenters. The molecule has 0 saturated carbocycles. The van der Waals surface area contributed by atoms with Crippen molar-refractivity contribution in [3.05, 3.63) is 35.7 Å². The summed E-state index contributed by atoms with van der Waals surface area (Å²) in [5.41, 5.74) is 1.13. The number of hydrogen-bond donors (Lipinski definition) is 1. The van der Waals surface area contributed by atoms with Gasteiger partial charge in [-0.05, 0) is 44.5 Å². The van der Waals surface area contributed by atoms with Crippen LogP contribution >= 0.6 is 0 Å². The lowest BCUT2D eigenvalue weighted by Crippen LogP contribution is -2.42. The van der Waals surface area contributed by atoms with E-state index in [1.165, 1.54) is 0 Å². The van der Waals surface area contributed by atoms with Gasteiger partial charge in [-0.1, -0.05) is 38.1 Å². The maximum Gasteiger partial charge on any atom is 0.258 e. The average Bonchev–Trinajstić information content (AvgIpc) is 3.12. The van der Waals surface area contributed by atoms with Gasteiger partial charge < -0.3 is 14.7 Å². The molecule has 6 nitrogen and oxygen atoms in total. The number of nitrogens with zero attached hydrogens (tertiary/aromatic N) is 3. The minimum Gasteiger partial charge on any atom is -0.338 e. The van der Waals surface area contributed by atoms with Crippen LogP contribution in [0.4, 0.5) is 0 Å². The summed E-state index contributed by atoms with van der Waals surface area (Å²) in [4.78, 5) is 19.6. The topological polar surface area (TPSA) is 71.3 Å². The molecule has 6 heteroatoms. The number of hydrogen-bond acceptors (Lipinski definition) is 5. The highest BCUT2D eigenvalue weighted by Gasteiger charge is 2.28. The van der Waals surface area contributed by atoms with Gasteiger partial charge in [0.05, 0.1) is 11.1 Å². The summed E-state index contributed by atoms with van der Waals surface area (Å²) in [6, 6.07) is 7.50. The summed E-state index contributed by atoms with van der Waals surface area (Å²) in [5.74, 6) is 1.59. The van der Waals surface area contributed by atoms with Crippen molar-refractivity contribution in [2.75, 3.05) is 26.7 Å². The predicted molar refractivity (Wildman–Crippen MR) is 101 cm³/mol. The van der Waals surface area contributed by atoms with Crippen LogP contribution in [0.5, 0.6) is 0 Å². The largest absolute Gasteiger partial charge is 0.338 e. The first-order valence-electron chi connectivity index (χ1n) is 9.27. The summed E-state index contributed by atoms with van der Waals surface area (Å²) in [7, 11) is 1.96. The Kier molecular flexibility index (Phi) is 5.41. The molecule has 1 amide bonds. The number of carbonyl (C=O) groups excluding carboxylic acids is 1. The third-order valence-corrected chi connectivity index (χ3v) is 4.78. The van der Waals surface area contributed by atoms with E-state index < -0.39 is 0 Å². The molecule has 1 N–H and O–H groups in total. The van der Waals surface area contributed by atoms with E-state index in [-0.39, 0.29) is 11.3 Å². The van der Waals surface area contributed by atoms with Crippen molar-refractivity contribution in [3.8, 4) is 11.5 Å². The SMILES string of the molecule is CNCC1CCCN(C(=O)c2ccccc2-c2nc(C(C)(C)C)no2)C1. The molecule has 0 radical (unpaired) electrons. The zero-order valence-corrected chi connectivity index (χ0v) is 16.1. The van der Waals surface area contributed by atoms with Crippen LogP contribution in [0.15, 0.2) is 28.8 Å². The van der Waals surface area contributed by atoms with Crippen LogP contribution in [-0.4, -0.2) is 47.6 Å². The van der Waals surface area contributed by atoms with Crippen molar-refractivity contribution in [2.45, 2.75) is 39.0 Å². The second-order valence-electron chi connectivity index (χ2n) is 8.04. The number of carbonyl (C=O) groups is 1. The normalized spacial score (nSPS) is 18.2. The molecule has 1 aromatic heterocycles. The molecule has 1 unspecified atom stereocenters. The molecule has 0 spiro atoms. The number of piperidine rings is 1. The van der Waals surface area contributed by atoms with Crippen molar-refractivity contribution in [1.82, 2.24) is 20.4 Å². The molecule has 0 bridgehead atoms. The minimum absolute atomic E-state index is 0.0388. The van der Waals surface area contributed by atoms with E-state index in [4.69, 9.17) is 4.52 Å². The minimum atomic E-state index is -0.200. The molecule has 1 aromatic carbocycles. The Bertz CT molecular complexity index is 761. The highest BCUT2D eigenvalue weighted by Crippen LogP contribution is 2.28. The smallest absolute Gasteiger partial charge is 0.258 e. The molecule has 140 valence electrons. The van der Waals surface area contributed by atoms with Gasteiger partial charge in [-0.2, -0.15) is 4.98 Å². The van der Waals surface area contributed by atoms with Gasteiger partial charge in [0.2, 0.25) is 0 Å². The Morgan fingerprint density at radius 2 is 2.12 bits per heavy atom. The first kappa shape index (κ1) is 18.6. The van der Waals surface area contributed by atoms with Crippen molar-refractivity contribution in [3.63, 3.8) is 0 Å². The van der Waals surface area contributed by atoms with Gasteiger partial charge in [-0.15, -0.1) is 0 Å². The van der Waals surface area contributed by atoms with E-state index in [1.807, 2.05) is 57.0 Å². The maximum atomic E-state index is 13.2. The fourth-order valence-corrected chi connectivity index (χ4v) is 3.37. The third-order valence-electron chi connectivity index (χ3n) is 4.78. The Hall–Kier alpha value is -2.21. The molecule has 1 saturated heterocycles. The summed E-state index contributed by atoms with van der Waals surface area (Å²) < 4.78 is 5.47. The maximum absolute atomic E-state index is 13.2. The van der Waals surface area contributed by atoms with Gasteiger partial charge >= 0.3 is 0 Å². The van der Waals surface area contributed by atoms with Crippen LogP contribution in [0.1, 0.15) is 49.8 Å². The second kappa shape index (κ2) is 7.58. The average molecular weight is 356 g/mol. The molecule has 1 aliphatic heterocycles. The van der Waals surface area contributed by atoms with Gasteiger partial charge in [-0.25, -0.2) is 0 Å². The van der Waals surface area contributed by atoms with E-state index in [0.717, 1.165) is 32.5 Å².